The zero-order valence-electron chi connectivity index (χ0n) is 21.9. The van der Waals surface area contributed by atoms with Gasteiger partial charge in [0.15, 0.2) is 0 Å². The van der Waals surface area contributed by atoms with Gasteiger partial charge in [-0.25, -0.2) is 0 Å². The Balaban J connectivity index is 3.41. The molecular formula is C25H50N2O6. The standard InChI is InChI=1S/C25H50N2O6/c1-6-30-21-17-26(4)15-13-24(28)32-19-11-9-7-8-10-12-20-33-25(29)14-16-27(5)18-22-31-23(2)3/h23H,6-22H2,1-5H3. The van der Waals surface area contributed by atoms with Gasteiger partial charge in [-0.2, -0.15) is 0 Å². The van der Waals surface area contributed by atoms with Crippen molar-refractivity contribution in [1.29, 1.82) is 0 Å². The normalized spacial score (nSPS) is 11.5. The molecule has 0 unspecified atom stereocenters. The molecule has 0 aromatic rings. The number of hydrogen-bond acceptors (Lipinski definition) is 8. The highest BCUT2D eigenvalue weighted by Gasteiger charge is 2.07. The molecule has 0 amide bonds. The van der Waals surface area contributed by atoms with Gasteiger partial charge in [-0.05, 0) is 47.7 Å². The van der Waals surface area contributed by atoms with Gasteiger partial charge in [-0.1, -0.05) is 25.7 Å². The summed E-state index contributed by atoms with van der Waals surface area (Å²) in [5.74, 6) is -0.260. The van der Waals surface area contributed by atoms with Crippen molar-refractivity contribution in [2.45, 2.75) is 78.2 Å². The van der Waals surface area contributed by atoms with Crippen LogP contribution in [-0.4, -0.2) is 101 Å². The first-order valence-corrected chi connectivity index (χ1v) is 12.7. The minimum absolute atomic E-state index is 0.129. The Morgan fingerprint density at radius 3 is 1.58 bits per heavy atom. The van der Waals surface area contributed by atoms with E-state index in [0.717, 1.165) is 58.2 Å². The Morgan fingerprint density at radius 2 is 1.12 bits per heavy atom. The lowest BCUT2D eigenvalue weighted by molar-refractivity contribution is -0.145. The molecule has 0 spiro atoms. The van der Waals surface area contributed by atoms with E-state index in [1.807, 2.05) is 34.9 Å². The number of likely N-dealkylation sites (N-methyl/N-ethyl adjacent to an activating group) is 2. The Kier molecular flexibility index (Phi) is 21.7. The molecule has 0 rings (SSSR count). The molecule has 0 fully saturated rings. The van der Waals surface area contributed by atoms with Gasteiger partial charge in [-0.15, -0.1) is 0 Å². The third kappa shape index (κ3) is 23.7. The van der Waals surface area contributed by atoms with Gasteiger partial charge in [0, 0.05) is 32.8 Å². The maximum atomic E-state index is 11.8. The lowest BCUT2D eigenvalue weighted by atomic mass is 10.1. The highest BCUT2D eigenvalue weighted by Crippen LogP contribution is 2.06. The molecule has 196 valence electrons. The van der Waals surface area contributed by atoms with Crippen LogP contribution in [0.1, 0.15) is 72.1 Å². The smallest absolute Gasteiger partial charge is 0.307 e. The lowest BCUT2D eigenvalue weighted by Gasteiger charge is -2.17. The average molecular weight is 475 g/mol. The molecule has 0 aliphatic rings. The van der Waals surface area contributed by atoms with E-state index < -0.39 is 0 Å². The fraction of sp³-hybridized carbons (Fsp3) is 0.920. The van der Waals surface area contributed by atoms with Crippen LogP contribution in [0.4, 0.5) is 0 Å². The van der Waals surface area contributed by atoms with E-state index in [-0.39, 0.29) is 18.0 Å². The van der Waals surface area contributed by atoms with E-state index in [9.17, 15) is 9.59 Å². The van der Waals surface area contributed by atoms with Crippen molar-refractivity contribution in [3.8, 4) is 0 Å². The predicted molar refractivity (Wildman–Crippen MR) is 131 cm³/mol. The van der Waals surface area contributed by atoms with Crippen molar-refractivity contribution < 1.29 is 28.5 Å². The van der Waals surface area contributed by atoms with Crippen molar-refractivity contribution in [3.63, 3.8) is 0 Å². The largest absolute Gasteiger partial charge is 0.466 e. The number of hydrogen-bond donors (Lipinski definition) is 0. The molecule has 0 aliphatic carbocycles. The summed E-state index contributed by atoms with van der Waals surface area (Å²) in [5.41, 5.74) is 0. The highest BCUT2D eigenvalue weighted by molar-refractivity contribution is 5.69. The fourth-order valence-corrected chi connectivity index (χ4v) is 3.02. The summed E-state index contributed by atoms with van der Waals surface area (Å²) < 4.78 is 21.4. The van der Waals surface area contributed by atoms with Crippen LogP contribution in [0.15, 0.2) is 0 Å². The number of carbonyl (C=O) groups excluding carboxylic acids is 2. The molecule has 0 heterocycles. The van der Waals surface area contributed by atoms with Crippen LogP contribution in [0.25, 0.3) is 0 Å². The fourth-order valence-electron chi connectivity index (χ4n) is 3.02. The summed E-state index contributed by atoms with van der Waals surface area (Å²) in [6, 6.07) is 0. The minimum Gasteiger partial charge on any atom is -0.466 e. The predicted octanol–water partition coefficient (Wildman–Crippen LogP) is 3.52. The topological polar surface area (TPSA) is 77.5 Å². The summed E-state index contributed by atoms with van der Waals surface area (Å²) >= 11 is 0. The molecule has 0 saturated heterocycles. The highest BCUT2D eigenvalue weighted by atomic mass is 16.5. The van der Waals surface area contributed by atoms with Gasteiger partial charge in [0.2, 0.25) is 0 Å². The van der Waals surface area contributed by atoms with Crippen molar-refractivity contribution in [2.75, 3.05) is 73.3 Å². The maximum absolute atomic E-state index is 11.8. The van der Waals surface area contributed by atoms with Crippen LogP contribution in [-0.2, 0) is 28.5 Å². The Bertz CT molecular complexity index is 476. The molecule has 0 N–H and O–H groups in total. The molecule has 8 nitrogen and oxygen atoms in total. The lowest BCUT2D eigenvalue weighted by Crippen LogP contribution is -2.27. The molecule has 0 aromatic carbocycles. The summed E-state index contributed by atoms with van der Waals surface area (Å²) in [6.45, 7) is 12.1. The number of carbonyl (C=O) groups is 2. The number of rotatable bonds is 23. The first-order valence-electron chi connectivity index (χ1n) is 12.7. The molecule has 0 bridgehead atoms. The van der Waals surface area contributed by atoms with Crippen LogP contribution in [0.3, 0.4) is 0 Å². The second kappa shape index (κ2) is 22.6. The summed E-state index contributed by atoms with van der Waals surface area (Å²) in [6.07, 6.45) is 7.18. The SMILES string of the molecule is CCOCCN(C)CCC(=O)OCCCCCCCCOC(=O)CCN(C)CCOC(C)C. The Hall–Kier alpha value is -1.22. The van der Waals surface area contributed by atoms with Gasteiger partial charge in [0.05, 0.1) is 45.4 Å². The summed E-state index contributed by atoms with van der Waals surface area (Å²) in [7, 11) is 3.97. The maximum Gasteiger partial charge on any atom is 0.307 e. The number of ether oxygens (including phenoxy) is 4. The zero-order valence-corrected chi connectivity index (χ0v) is 21.9. The van der Waals surface area contributed by atoms with Crippen molar-refractivity contribution in [1.82, 2.24) is 9.80 Å². The average Bonchev–Trinajstić information content (AvgIpc) is 2.77. The van der Waals surface area contributed by atoms with Crippen LogP contribution < -0.4 is 0 Å². The van der Waals surface area contributed by atoms with E-state index in [1.165, 1.54) is 0 Å². The van der Waals surface area contributed by atoms with E-state index in [1.54, 1.807) is 0 Å². The van der Waals surface area contributed by atoms with E-state index >= 15 is 0 Å². The molecule has 0 aromatic heterocycles. The van der Waals surface area contributed by atoms with Crippen molar-refractivity contribution >= 4 is 11.9 Å². The first kappa shape index (κ1) is 31.8. The van der Waals surface area contributed by atoms with Crippen molar-refractivity contribution in [3.05, 3.63) is 0 Å². The molecule has 33 heavy (non-hydrogen) atoms. The van der Waals surface area contributed by atoms with E-state index in [0.29, 0.717) is 52.4 Å². The van der Waals surface area contributed by atoms with E-state index in [2.05, 4.69) is 9.80 Å². The second-order valence-electron chi connectivity index (χ2n) is 8.79. The van der Waals surface area contributed by atoms with Gasteiger partial charge < -0.3 is 28.7 Å². The van der Waals surface area contributed by atoms with Gasteiger partial charge in [0.25, 0.3) is 0 Å². The zero-order chi connectivity index (χ0) is 24.7. The second-order valence-corrected chi connectivity index (χ2v) is 8.79. The van der Waals surface area contributed by atoms with Gasteiger partial charge in [-0.3, -0.25) is 9.59 Å². The van der Waals surface area contributed by atoms with Crippen LogP contribution >= 0.6 is 0 Å². The monoisotopic (exact) mass is 474 g/mol. The quantitative estimate of drug-likeness (QED) is 0.164. The summed E-state index contributed by atoms with van der Waals surface area (Å²) in [5, 5.41) is 0. The van der Waals surface area contributed by atoms with Gasteiger partial charge in [0.1, 0.15) is 0 Å². The minimum atomic E-state index is -0.131. The van der Waals surface area contributed by atoms with Crippen LogP contribution in [0.5, 0.6) is 0 Å². The third-order valence-electron chi connectivity index (χ3n) is 5.21. The van der Waals surface area contributed by atoms with Crippen LogP contribution in [0, 0.1) is 0 Å². The Labute approximate surface area is 202 Å². The van der Waals surface area contributed by atoms with Crippen LogP contribution in [0.2, 0.25) is 0 Å². The molecule has 8 heteroatoms. The third-order valence-corrected chi connectivity index (χ3v) is 5.21. The molecule has 0 atom stereocenters. The van der Waals surface area contributed by atoms with Crippen molar-refractivity contribution in [2.24, 2.45) is 0 Å². The molecule has 0 radical (unpaired) electrons. The first-order chi connectivity index (χ1) is 15.8. The number of esters is 2. The summed E-state index contributed by atoms with van der Waals surface area (Å²) in [4.78, 5) is 27.7. The van der Waals surface area contributed by atoms with E-state index in [4.69, 9.17) is 18.9 Å². The Morgan fingerprint density at radius 1 is 0.667 bits per heavy atom. The molecule has 0 aliphatic heterocycles. The van der Waals surface area contributed by atoms with Gasteiger partial charge >= 0.3 is 11.9 Å². The number of unbranched alkanes of at least 4 members (excludes halogenated alkanes) is 5. The number of nitrogens with zero attached hydrogens (tertiary/aromatic N) is 2. The molecular weight excluding hydrogens is 424 g/mol. The molecule has 0 saturated carbocycles.